The highest BCUT2D eigenvalue weighted by molar-refractivity contribution is 7.18. The SMILES string of the molecule is C[C@@H](Nc1ccc(N2CCOCC2)cc1)c1nc2scc(-c3cccs3)c2c(=O)[nH]1. The van der Waals surface area contributed by atoms with Crippen LogP contribution >= 0.6 is 22.7 Å². The van der Waals surface area contributed by atoms with Crippen molar-refractivity contribution in [2.75, 3.05) is 36.5 Å². The number of hydrogen-bond acceptors (Lipinski definition) is 7. The van der Waals surface area contributed by atoms with Gasteiger partial charge in [-0.2, -0.15) is 0 Å². The summed E-state index contributed by atoms with van der Waals surface area (Å²) in [5.74, 6) is 0.643. The maximum absolute atomic E-state index is 12.8. The third kappa shape index (κ3) is 3.74. The second kappa shape index (κ2) is 8.22. The third-order valence-electron chi connectivity index (χ3n) is 5.29. The summed E-state index contributed by atoms with van der Waals surface area (Å²) in [6.45, 7) is 5.39. The molecule has 0 amide bonds. The van der Waals surface area contributed by atoms with Crippen LogP contribution in [0.15, 0.2) is 52.0 Å². The largest absolute Gasteiger partial charge is 0.378 e. The van der Waals surface area contributed by atoms with E-state index in [1.165, 1.54) is 17.0 Å². The molecule has 0 aliphatic carbocycles. The van der Waals surface area contributed by atoms with E-state index in [-0.39, 0.29) is 11.6 Å². The molecule has 0 saturated carbocycles. The maximum Gasteiger partial charge on any atom is 0.260 e. The number of hydrogen-bond donors (Lipinski definition) is 2. The summed E-state index contributed by atoms with van der Waals surface area (Å²) < 4.78 is 5.42. The molecule has 0 unspecified atom stereocenters. The topological polar surface area (TPSA) is 70.2 Å². The predicted octanol–water partition coefficient (Wildman–Crippen LogP) is 4.72. The van der Waals surface area contributed by atoms with Crippen LogP contribution in [0.1, 0.15) is 18.8 Å². The molecule has 6 nitrogen and oxygen atoms in total. The first-order chi connectivity index (χ1) is 14.7. The predicted molar refractivity (Wildman–Crippen MR) is 125 cm³/mol. The van der Waals surface area contributed by atoms with Crippen molar-refractivity contribution in [3.05, 3.63) is 63.3 Å². The Kier molecular flexibility index (Phi) is 5.28. The van der Waals surface area contributed by atoms with E-state index in [1.54, 1.807) is 11.3 Å². The van der Waals surface area contributed by atoms with E-state index >= 15 is 0 Å². The molecule has 0 radical (unpaired) electrons. The van der Waals surface area contributed by atoms with Gasteiger partial charge in [0.25, 0.3) is 5.56 Å². The first-order valence-corrected chi connectivity index (χ1v) is 11.7. The summed E-state index contributed by atoms with van der Waals surface area (Å²) in [5.41, 5.74) is 3.07. The Balaban J connectivity index is 1.36. The Morgan fingerprint density at radius 1 is 1.17 bits per heavy atom. The van der Waals surface area contributed by atoms with Crippen molar-refractivity contribution in [2.24, 2.45) is 0 Å². The number of fused-ring (bicyclic) bond motifs is 1. The van der Waals surface area contributed by atoms with E-state index in [0.29, 0.717) is 11.2 Å². The Labute approximate surface area is 182 Å². The molecule has 3 aromatic heterocycles. The average molecular weight is 439 g/mol. The fourth-order valence-electron chi connectivity index (χ4n) is 3.69. The van der Waals surface area contributed by atoms with Crippen LogP contribution in [0.3, 0.4) is 0 Å². The third-order valence-corrected chi connectivity index (χ3v) is 7.06. The molecule has 0 spiro atoms. The molecule has 8 heteroatoms. The molecule has 1 aliphatic heterocycles. The number of benzene rings is 1. The lowest BCUT2D eigenvalue weighted by Crippen LogP contribution is -2.36. The quantitative estimate of drug-likeness (QED) is 0.472. The molecule has 154 valence electrons. The number of nitrogens with one attached hydrogen (secondary N) is 2. The summed E-state index contributed by atoms with van der Waals surface area (Å²) in [5, 5.41) is 8.16. The van der Waals surface area contributed by atoms with Gasteiger partial charge in [-0.15, -0.1) is 22.7 Å². The Morgan fingerprint density at radius 3 is 2.70 bits per heavy atom. The van der Waals surface area contributed by atoms with Crippen molar-refractivity contribution < 1.29 is 4.74 Å². The minimum atomic E-state index is -0.122. The van der Waals surface area contributed by atoms with Gasteiger partial charge in [-0.25, -0.2) is 4.98 Å². The summed E-state index contributed by atoms with van der Waals surface area (Å²) in [7, 11) is 0. The second-order valence-corrected chi connectivity index (χ2v) is 9.08. The molecule has 30 heavy (non-hydrogen) atoms. The fourth-order valence-corrected chi connectivity index (χ4v) is 5.46. The van der Waals surface area contributed by atoms with Crippen molar-refractivity contribution >= 4 is 44.3 Å². The number of rotatable bonds is 5. The van der Waals surface area contributed by atoms with Gasteiger partial charge in [0.1, 0.15) is 10.7 Å². The zero-order valence-corrected chi connectivity index (χ0v) is 18.2. The van der Waals surface area contributed by atoms with Crippen LogP contribution < -0.4 is 15.8 Å². The number of H-pyrrole nitrogens is 1. The lowest BCUT2D eigenvalue weighted by atomic mass is 10.2. The summed E-state index contributed by atoms with van der Waals surface area (Å²) >= 11 is 3.15. The van der Waals surface area contributed by atoms with Crippen molar-refractivity contribution in [1.82, 2.24) is 9.97 Å². The van der Waals surface area contributed by atoms with Gasteiger partial charge in [0, 0.05) is 40.3 Å². The van der Waals surface area contributed by atoms with Crippen LogP contribution in [0.4, 0.5) is 11.4 Å². The lowest BCUT2D eigenvalue weighted by molar-refractivity contribution is 0.122. The normalized spacial score (nSPS) is 15.4. The minimum absolute atomic E-state index is 0.0871. The zero-order valence-electron chi connectivity index (χ0n) is 16.6. The van der Waals surface area contributed by atoms with Crippen LogP contribution in [0.5, 0.6) is 0 Å². The zero-order chi connectivity index (χ0) is 20.5. The van der Waals surface area contributed by atoms with E-state index in [2.05, 4.69) is 39.5 Å². The summed E-state index contributed by atoms with van der Waals surface area (Å²) in [4.78, 5) is 24.7. The number of aromatic amines is 1. The molecule has 1 fully saturated rings. The van der Waals surface area contributed by atoms with E-state index in [0.717, 1.165) is 47.3 Å². The van der Waals surface area contributed by atoms with Gasteiger partial charge in [0.2, 0.25) is 0 Å². The van der Waals surface area contributed by atoms with E-state index in [4.69, 9.17) is 9.72 Å². The van der Waals surface area contributed by atoms with Gasteiger partial charge in [-0.1, -0.05) is 6.07 Å². The van der Waals surface area contributed by atoms with Gasteiger partial charge in [0.05, 0.1) is 24.6 Å². The highest BCUT2D eigenvalue weighted by atomic mass is 32.1. The maximum atomic E-state index is 12.8. The first-order valence-electron chi connectivity index (χ1n) is 9.93. The van der Waals surface area contributed by atoms with Gasteiger partial charge in [-0.3, -0.25) is 4.79 Å². The number of anilines is 2. The molecule has 1 saturated heterocycles. The monoisotopic (exact) mass is 438 g/mol. The fraction of sp³-hybridized carbons (Fsp3) is 0.273. The second-order valence-electron chi connectivity index (χ2n) is 7.27. The highest BCUT2D eigenvalue weighted by Gasteiger charge is 2.17. The number of nitrogens with zero attached hydrogens (tertiary/aromatic N) is 2. The molecule has 2 N–H and O–H groups in total. The molecule has 4 aromatic rings. The molecule has 1 atom stereocenters. The molecule has 1 aliphatic rings. The standard InChI is InChI=1S/C22H22N4O2S2/c1-14(23-15-4-6-16(7-5-15)26-8-10-28-11-9-26)20-24-21(27)19-17(13-30-22(19)25-20)18-3-2-12-29-18/h2-7,12-14,23H,8-11H2,1H3,(H,24,25,27)/t14-/m1/s1. The van der Waals surface area contributed by atoms with Gasteiger partial charge >= 0.3 is 0 Å². The van der Waals surface area contributed by atoms with Gasteiger partial charge in [0.15, 0.2) is 0 Å². The molecule has 0 bridgehead atoms. The number of aromatic nitrogens is 2. The molecular weight excluding hydrogens is 416 g/mol. The van der Waals surface area contributed by atoms with Crippen LogP contribution in [-0.2, 0) is 4.74 Å². The molecule has 5 rings (SSSR count). The van der Waals surface area contributed by atoms with Gasteiger partial charge in [-0.05, 0) is 42.6 Å². The average Bonchev–Trinajstić information content (AvgIpc) is 3.45. The molecule has 1 aromatic carbocycles. The van der Waals surface area contributed by atoms with Crippen molar-refractivity contribution in [3.63, 3.8) is 0 Å². The van der Waals surface area contributed by atoms with Crippen LogP contribution in [-0.4, -0.2) is 36.3 Å². The van der Waals surface area contributed by atoms with Crippen molar-refractivity contribution in [1.29, 1.82) is 0 Å². The summed E-state index contributed by atoms with van der Waals surface area (Å²) in [6.07, 6.45) is 0. The molecular formula is C22H22N4O2S2. The van der Waals surface area contributed by atoms with Crippen LogP contribution in [0, 0.1) is 0 Å². The van der Waals surface area contributed by atoms with Crippen molar-refractivity contribution in [3.8, 4) is 10.4 Å². The van der Waals surface area contributed by atoms with Crippen LogP contribution in [0.25, 0.3) is 20.7 Å². The van der Waals surface area contributed by atoms with Crippen molar-refractivity contribution in [2.45, 2.75) is 13.0 Å². The number of ether oxygens (including phenoxy) is 1. The minimum Gasteiger partial charge on any atom is -0.378 e. The van der Waals surface area contributed by atoms with Crippen LogP contribution in [0.2, 0.25) is 0 Å². The van der Waals surface area contributed by atoms with E-state index < -0.39 is 0 Å². The first kappa shape index (κ1) is 19.3. The lowest BCUT2D eigenvalue weighted by Gasteiger charge is -2.29. The Morgan fingerprint density at radius 2 is 1.97 bits per heavy atom. The number of thiophene rings is 2. The van der Waals surface area contributed by atoms with E-state index in [9.17, 15) is 4.79 Å². The highest BCUT2D eigenvalue weighted by Crippen LogP contribution is 2.34. The number of morpholine rings is 1. The Bertz CT molecular complexity index is 1190. The summed E-state index contributed by atoms with van der Waals surface area (Å²) in [6, 6.07) is 12.3. The Hall–Kier alpha value is -2.68. The van der Waals surface area contributed by atoms with E-state index in [1.807, 2.05) is 29.8 Å². The molecule has 4 heterocycles. The van der Waals surface area contributed by atoms with Gasteiger partial charge < -0.3 is 19.9 Å². The smallest absolute Gasteiger partial charge is 0.260 e.